The summed E-state index contributed by atoms with van der Waals surface area (Å²) >= 11 is 0. The lowest BCUT2D eigenvalue weighted by molar-refractivity contribution is -0.0537. The summed E-state index contributed by atoms with van der Waals surface area (Å²) < 4.78 is 5.84. The van der Waals surface area contributed by atoms with Gasteiger partial charge in [0.25, 0.3) is 0 Å². The predicted octanol–water partition coefficient (Wildman–Crippen LogP) is 4.57. The van der Waals surface area contributed by atoms with Crippen LogP contribution in [0.1, 0.15) is 61.3 Å². The molecule has 0 saturated carbocycles. The Morgan fingerprint density at radius 3 is 2.00 bits per heavy atom. The van der Waals surface area contributed by atoms with Crippen LogP contribution >= 0.6 is 0 Å². The molecule has 0 bridgehead atoms. The molecule has 1 nitrogen and oxygen atoms in total. The quantitative estimate of drug-likeness (QED) is 0.620. The monoisotopic (exact) mass is 212 g/mol. The minimum absolute atomic E-state index is 0.0207. The van der Waals surface area contributed by atoms with Crippen molar-refractivity contribution in [1.29, 1.82) is 0 Å². The highest BCUT2D eigenvalue weighted by atomic mass is 16.5. The number of hydrogen-bond donors (Lipinski definition) is 0. The molecule has 0 aliphatic carbocycles. The standard InChI is InChI=1S/C14H28O/c1-12(15-14(5,6)7)10-8-9-11-13(2,3)4/h9,11-12H,8,10H2,1-7H3/b11-9+. The van der Waals surface area contributed by atoms with Gasteiger partial charge in [0, 0.05) is 0 Å². The first-order valence-corrected chi connectivity index (χ1v) is 5.96. The van der Waals surface area contributed by atoms with Crippen LogP contribution in [0.5, 0.6) is 0 Å². The van der Waals surface area contributed by atoms with E-state index in [9.17, 15) is 0 Å². The molecule has 0 aromatic heterocycles. The van der Waals surface area contributed by atoms with E-state index in [-0.39, 0.29) is 5.60 Å². The summed E-state index contributed by atoms with van der Waals surface area (Å²) in [4.78, 5) is 0. The first kappa shape index (κ1) is 14.7. The second-order valence-electron chi connectivity index (χ2n) is 6.39. The Kier molecular flexibility index (Phi) is 5.58. The van der Waals surface area contributed by atoms with Gasteiger partial charge in [0.2, 0.25) is 0 Å². The second kappa shape index (κ2) is 5.69. The van der Waals surface area contributed by atoms with Gasteiger partial charge in [-0.3, -0.25) is 0 Å². The lowest BCUT2D eigenvalue weighted by atomic mass is 9.95. The molecular weight excluding hydrogens is 184 g/mol. The van der Waals surface area contributed by atoms with E-state index in [1.165, 1.54) is 0 Å². The lowest BCUT2D eigenvalue weighted by Gasteiger charge is -2.24. The molecule has 0 fully saturated rings. The zero-order valence-electron chi connectivity index (χ0n) is 11.6. The Hall–Kier alpha value is -0.300. The average molecular weight is 212 g/mol. The molecule has 1 atom stereocenters. The Balaban J connectivity index is 3.74. The fourth-order valence-corrected chi connectivity index (χ4v) is 1.43. The van der Waals surface area contributed by atoms with Gasteiger partial charge in [-0.05, 0) is 46.0 Å². The molecule has 1 unspecified atom stereocenters. The largest absolute Gasteiger partial charge is 0.373 e. The van der Waals surface area contributed by atoms with Crippen molar-refractivity contribution < 1.29 is 4.74 Å². The van der Waals surface area contributed by atoms with Crippen molar-refractivity contribution in [2.24, 2.45) is 5.41 Å². The van der Waals surface area contributed by atoms with E-state index < -0.39 is 0 Å². The minimum atomic E-state index is -0.0207. The molecule has 0 aliphatic rings. The molecule has 1 heteroatoms. The summed E-state index contributed by atoms with van der Waals surface area (Å²) in [6, 6.07) is 0. The molecule has 0 heterocycles. The van der Waals surface area contributed by atoms with Crippen molar-refractivity contribution in [3.05, 3.63) is 12.2 Å². The van der Waals surface area contributed by atoms with Gasteiger partial charge >= 0.3 is 0 Å². The zero-order valence-corrected chi connectivity index (χ0v) is 11.6. The molecular formula is C14H28O. The summed E-state index contributed by atoms with van der Waals surface area (Å²) in [7, 11) is 0. The van der Waals surface area contributed by atoms with Crippen molar-refractivity contribution in [2.75, 3.05) is 0 Å². The van der Waals surface area contributed by atoms with Crippen molar-refractivity contribution in [3.63, 3.8) is 0 Å². The van der Waals surface area contributed by atoms with Gasteiger partial charge in [-0.25, -0.2) is 0 Å². The van der Waals surface area contributed by atoms with Crippen LogP contribution in [0.25, 0.3) is 0 Å². The normalized spacial score (nSPS) is 15.9. The van der Waals surface area contributed by atoms with Gasteiger partial charge in [0.1, 0.15) is 0 Å². The van der Waals surface area contributed by atoms with Crippen LogP contribution in [0.2, 0.25) is 0 Å². The van der Waals surface area contributed by atoms with E-state index in [2.05, 4.69) is 60.6 Å². The molecule has 0 saturated heterocycles. The highest BCUT2D eigenvalue weighted by Gasteiger charge is 2.14. The summed E-state index contributed by atoms with van der Waals surface area (Å²) in [6.07, 6.45) is 7.09. The van der Waals surface area contributed by atoms with Gasteiger partial charge in [-0.2, -0.15) is 0 Å². The molecule has 0 aromatic rings. The van der Waals surface area contributed by atoms with Crippen molar-refractivity contribution in [1.82, 2.24) is 0 Å². The Labute approximate surface area is 95.9 Å². The van der Waals surface area contributed by atoms with E-state index in [0.29, 0.717) is 11.5 Å². The van der Waals surface area contributed by atoms with Crippen LogP contribution in [-0.2, 0) is 4.74 Å². The number of rotatable bonds is 4. The third-order valence-electron chi connectivity index (χ3n) is 1.91. The maximum absolute atomic E-state index is 5.84. The van der Waals surface area contributed by atoms with E-state index in [1.807, 2.05) is 0 Å². The van der Waals surface area contributed by atoms with Gasteiger partial charge in [0.15, 0.2) is 0 Å². The first-order valence-electron chi connectivity index (χ1n) is 5.96. The summed E-state index contributed by atoms with van der Waals surface area (Å²) in [5.41, 5.74) is 0.279. The second-order valence-corrected chi connectivity index (χ2v) is 6.39. The molecule has 0 radical (unpaired) electrons. The maximum Gasteiger partial charge on any atom is 0.0602 e. The Morgan fingerprint density at radius 2 is 1.60 bits per heavy atom. The molecule has 15 heavy (non-hydrogen) atoms. The maximum atomic E-state index is 5.84. The highest BCUT2D eigenvalue weighted by Crippen LogP contribution is 2.17. The van der Waals surface area contributed by atoms with Crippen molar-refractivity contribution >= 4 is 0 Å². The van der Waals surface area contributed by atoms with E-state index >= 15 is 0 Å². The number of hydrogen-bond acceptors (Lipinski definition) is 1. The first-order chi connectivity index (χ1) is 6.60. The Morgan fingerprint density at radius 1 is 1.07 bits per heavy atom. The average Bonchev–Trinajstić information content (AvgIpc) is 1.92. The fraction of sp³-hybridized carbons (Fsp3) is 0.857. The predicted molar refractivity (Wildman–Crippen MR) is 68.1 cm³/mol. The van der Waals surface area contributed by atoms with Crippen LogP contribution in [0.15, 0.2) is 12.2 Å². The highest BCUT2D eigenvalue weighted by molar-refractivity contribution is 4.92. The van der Waals surface area contributed by atoms with Gasteiger partial charge in [-0.15, -0.1) is 0 Å². The number of ether oxygens (including phenoxy) is 1. The lowest BCUT2D eigenvalue weighted by Crippen LogP contribution is -2.25. The Bertz CT molecular complexity index is 190. The van der Waals surface area contributed by atoms with Crippen LogP contribution in [0.3, 0.4) is 0 Å². The summed E-state index contributed by atoms with van der Waals surface area (Å²) in [6.45, 7) is 15.1. The van der Waals surface area contributed by atoms with Crippen molar-refractivity contribution in [3.8, 4) is 0 Å². The van der Waals surface area contributed by atoms with E-state index in [1.54, 1.807) is 0 Å². The summed E-state index contributed by atoms with van der Waals surface area (Å²) in [5, 5.41) is 0. The third kappa shape index (κ3) is 11.6. The molecule has 90 valence electrons. The minimum Gasteiger partial charge on any atom is -0.373 e. The van der Waals surface area contributed by atoms with Gasteiger partial charge in [0.05, 0.1) is 11.7 Å². The van der Waals surface area contributed by atoms with Crippen LogP contribution in [0, 0.1) is 5.41 Å². The van der Waals surface area contributed by atoms with E-state index in [0.717, 1.165) is 12.8 Å². The zero-order chi connectivity index (χ0) is 12.1. The van der Waals surface area contributed by atoms with Crippen LogP contribution < -0.4 is 0 Å². The molecule has 0 spiro atoms. The molecule has 0 N–H and O–H groups in total. The number of allylic oxidation sites excluding steroid dienone is 2. The van der Waals surface area contributed by atoms with Crippen LogP contribution in [0.4, 0.5) is 0 Å². The van der Waals surface area contributed by atoms with Crippen LogP contribution in [-0.4, -0.2) is 11.7 Å². The van der Waals surface area contributed by atoms with Crippen molar-refractivity contribution in [2.45, 2.75) is 73.0 Å². The topological polar surface area (TPSA) is 9.23 Å². The smallest absolute Gasteiger partial charge is 0.0602 e. The SMILES string of the molecule is CC(CC/C=C/C(C)(C)C)OC(C)(C)C. The third-order valence-corrected chi connectivity index (χ3v) is 1.91. The summed E-state index contributed by atoms with van der Waals surface area (Å²) in [5.74, 6) is 0. The molecule has 0 aliphatic heterocycles. The molecule has 0 aromatic carbocycles. The molecule has 0 rings (SSSR count). The van der Waals surface area contributed by atoms with Gasteiger partial charge in [-0.1, -0.05) is 32.9 Å². The fourth-order valence-electron chi connectivity index (χ4n) is 1.43. The van der Waals surface area contributed by atoms with E-state index in [4.69, 9.17) is 4.74 Å². The molecule has 0 amide bonds. The van der Waals surface area contributed by atoms with Gasteiger partial charge < -0.3 is 4.74 Å².